The molecule has 3 rings (SSSR count). The maximum absolute atomic E-state index is 12.8. The number of carbonyl (C=O) groups is 1. The van der Waals surface area contributed by atoms with E-state index in [0.717, 1.165) is 16.7 Å². The van der Waals surface area contributed by atoms with Gasteiger partial charge in [-0.2, -0.15) is 0 Å². The Kier molecular flexibility index (Phi) is 7.12. The minimum Gasteiger partial charge on any atom is -0.483 e. The monoisotopic (exact) mass is 466 g/mol. The normalized spacial score (nSPS) is 11.7. The van der Waals surface area contributed by atoms with Crippen molar-refractivity contribution in [3.63, 3.8) is 0 Å². The number of rotatable bonds is 7. The number of sulfonamides is 1. The summed E-state index contributed by atoms with van der Waals surface area (Å²) in [4.78, 5) is 12.5. The fourth-order valence-electron chi connectivity index (χ4n) is 3.44. The fraction of sp³-hybridized carbons (Fsp3) is 0.269. The van der Waals surface area contributed by atoms with Gasteiger partial charge in [0, 0.05) is 5.69 Å². The maximum atomic E-state index is 12.8. The zero-order valence-corrected chi connectivity index (χ0v) is 20.4. The summed E-state index contributed by atoms with van der Waals surface area (Å²) in [6, 6.07) is 19.3. The van der Waals surface area contributed by atoms with Crippen molar-refractivity contribution < 1.29 is 17.9 Å². The molecule has 3 aromatic rings. The molecule has 0 aromatic heterocycles. The van der Waals surface area contributed by atoms with Crippen LogP contribution in [0.15, 0.2) is 71.6 Å². The number of aryl methyl sites for hydroxylation is 2. The average Bonchev–Trinajstić information content (AvgIpc) is 2.75. The van der Waals surface area contributed by atoms with E-state index in [1.165, 1.54) is 12.1 Å². The van der Waals surface area contributed by atoms with E-state index in [0.29, 0.717) is 17.1 Å². The Morgan fingerprint density at radius 3 is 2.09 bits per heavy atom. The van der Waals surface area contributed by atoms with E-state index < -0.39 is 10.0 Å². The Labute approximate surface area is 196 Å². The zero-order chi connectivity index (χ0) is 24.2. The van der Waals surface area contributed by atoms with Gasteiger partial charge in [-0.3, -0.25) is 9.52 Å². The van der Waals surface area contributed by atoms with Gasteiger partial charge >= 0.3 is 0 Å². The van der Waals surface area contributed by atoms with E-state index >= 15 is 0 Å². The second kappa shape index (κ2) is 9.67. The van der Waals surface area contributed by atoms with Gasteiger partial charge in [-0.1, -0.05) is 57.2 Å². The zero-order valence-electron chi connectivity index (χ0n) is 19.6. The summed E-state index contributed by atoms with van der Waals surface area (Å²) in [5.74, 6) is 0.335. The van der Waals surface area contributed by atoms with Crippen molar-refractivity contribution in [3.8, 4) is 5.75 Å². The predicted molar refractivity (Wildman–Crippen MR) is 132 cm³/mol. The number of carbonyl (C=O) groups excluding carboxylic acids is 1. The van der Waals surface area contributed by atoms with Crippen LogP contribution in [0.1, 0.15) is 37.5 Å². The van der Waals surface area contributed by atoms with Crippen molar-refractivity contribution in [2.45, 2.75) is 44.9 Å². The third-order valence-corrected chi connectivity index (χ3v) is 6.59. The van der Waals surface area contributed by atoms with Gasteiger partial charge in [-0.15, -0.1) is 0 Å². The molecule has 0 fully saturated rings. The summed E-state index contributed by atoms with van der Waals surface area (Å²) in [5, 5.41) is 2.74. The molecule has 0 heterocycles. The highest BCUT2D eigenvalue weighted by Crippen LogP contribution is 2.31. The van der Waals surface area contributed by atoms with Crippen molar-refractivity contribution in [2.75, 3.05) is 16.6 Å². The minimum absolute atomic E-state index is 0.110. The second-order valence-electron chi connectivity index (χ2n) is 8.98. The molecule has 33 heavy (non-hydrogen) atoms. The van der Waals surface area contributed by atoms with Gasteiger partial charge in [0.1, 0.15) is 5.75 Å². The molecule has 0 saturated heterocycles. The van der Waals surface area contributed by atoms with Crippen molar-refractivity contribution in [1.29, 1.82) is 0 Å². The molecule has 0 saturated carbocycles. The summed E-state index contributed by atoms with van der Waals surface area (Å²) < 4.78 is 34.0. The van der Waals surface area contributed by atoms with Crippen molar-refractivity contribution in [2.24, 2.45) is 0 Å². The number of hydrogen-bond acceptors (Lipinski definition) is 4. The van der Waals surface area contributed by atoms with Crippen LogP contribution in [0.2, 0.25) is 0 Å². The first-order valence-electron chi connectivity index (χ1n) is 10.7. The van der Waals surface area contributed by atoms with Crippen LogP contribution in [0, 0.1) is 13.8 Å². The molecule has 2 N–H and O–H groups in total. The largest absolute Gasteiger partial charge is 0.483 e. The molecule has 0 radical (unpaired) electrons. The Balaban J connectivity index is 1.64. The molecule has 3 aromatic carbocycles. The first kappa shape index (κ1) is 24.3. The average molecular weight is 467 g/mol. The first-order chi connectivity index (χ1) is 15.5. The van der Waals surface area contributed by atoms with Crippen molar-refractivity contribution >= 4 is 27.3 Å². The first-order valence-corrected chi connectivity index (χ1v) is 12.2. The standard InChI is InChI=1S/C26H30N2O4S/c1-18-9-8-10-19(2)25(18)28-33(30,31)21-15-13-20(14-16-21)27-24(29)17-32-23-12-7-6-11-22(23)26(3,4)5/h6-16,28H,17H2,1-5H3,(H,27,29). The maximum Gasteiger partial charge on any atom is 0.262 e. The van der Waals surface area contributed by atoms with Crippen molar-refractivity contribution in [1.82, 2.24) is 0 Å². The number of para-hydroxylation sites is 2. The quantitative estimate of drug-likeness (QED) is 0.487. The lowest BCUT2D eigenvalue weighted by molar-refractivity contribution is -0.118. The third-order valence-electron chi connectivity index (χ3n) is 5.22. The molecule has 0 bridgehead atoms. The van der Waals surface area contributed by atoms with Gasteiger partial charge in [0.25, 0.3) is 15.9 Å². The topological polar surface area (TPSA) is 84.5 Å². The highest BCUT2D eigenvalue weighted by atomic mass is 32.2. The number of anilines is 2. The number of nitrogens with one attached hydrogen (secondary N) is 2. The number of ether oxygens (including phenoxy) is 1. The summed E-state index contributed by atoms with van der Waals surface area (Å²) in [7, 11) is -3.76. The van der Waals surface area contributed by atoms with E-state index in [9.17, 15) is 13.2 Å². The lowest BCUT2D eigenvalue weighted by atomic mass is 9.86. The number of hydrogen-bond donors (Lipinski definition) is 2. The van der Waals surface area contributed by atoms with E-state index in [4.69, 9.17) is 4.74 Å². The van der Waals surface area contributed by atoms with Gasteiger partial charge in [0.15, 0.2) is 6.61 Å². The lowest BCUT2D eigenvalue weighted by Gasteiger charge is -2.22. The summed E-state index contributed by atoms with van der Waals surface area (Å²) in [5.41, 5.74) is 3.65. The Morgan fingerprint density at radius 1 is 0.879 bits per heavy atom. The van der Waals surface area contributed by atoms with Crippen LogP contribution in [0.5, 0.6) is 5.75 Å². The SMILES string of the molecule is Cc1cccc(C)c1NS(=O)(=O)c1ccc(NC(=O)COc2ccccc2C(C)(C)C)cc1. The summed E-state index contributed by atoms with van der Waals surface area (Å²) >= 11 is 0. The molecule has 0 unspecified atom stereocenters. The van der Waals surface area contributed by atoms with Gasteiger partial charge in [0.05, 0.1) is 10.6 Å². The van der Waals surface area contributed by atoms with Crippen molar-refractivity contribution in [3.05, 3.63) is 83.4 Å². The van der Waals surface area contributed by atoms with Crippen LogP contribution in [0.4, 0.5) is 11.4 Å². The van der Waals surface area contributed by atoms with E-state index in [1.54, 1.807) is 12.1 Å². The number of amides is 1. The highest BCUT2D eigenvalue weighted by molar-refractivity contribution is 7.92. The van der Waals surface area contributed by atoms with Crippen LogP contribution >= 0.6 is 0 Å². The van der Waals surface area contributed by atoms with Crippen LogP contribution in [0.3, 0.4) is 0 Å². The van der Waals surface area contributed by atoms with E-state index in [2.05, 4.69) is 30.8 Å². The molecule has 0 atom stereocenters. The molecule has 0 aliphatic heterocycles. The van der Waals surface area contributed by atoms with E-state index in [-0.39, 0.29) is 22.8 Å². The van der Waals surface area contributed by atoms with E-state index in [1.807, 2.05) is 56.3 Å². The lowest BCUT2D eigenvalue weighted by Crippen LogP contribution is -2.22. The fourth-order valence-corrected chi connectivity index (χ4v) is 4.64. The molecule has 0 spiro atoms. The molecule has 7 heteroatoms. The van der Waals surface area contributed by atoms with Crippen LogP contribution in [0.25, 0.3) is 0 Å². The third kappa shape index (κ3) is 6.14. The van der Waals surface area contributed by atoms with Gasteiger partial charge < -0.3 is 10.1 Å². The highest BCUT2D eigenvalue weighted by Gasteiger charge is 2.19. The van der Waals surface area contributed by atoms with Crippen LogP contribution in [-0.4, -0.2) is 20.9 Å². The molecule has 0 aliphatic carbocycles. The Bertz CT molecular complexity index is 1220. The molecule has 0 aliphatic rings. The molecular weight excluding hydrogens is 436 g/mol. The number of benzene rings is 3. The smallest absolute Gasteiger partial charge is 0.262 e. The van der Waals surface area contributed by atoms with Crippen LogP contribution < -0.4 is 14.8 Å². The predicted octanol–water partition coefficient (Wildman–Crippen LogP) is 5.42. The molecule has 1 amide bonds. The van der Waals surface area contributed by atoms with Gasteiger partial charge in [-0.25, -0.2) is 8.42 Å². The summed E-state index contributed by atoms with van der Waals surface area (Å²) in [6.07, 6.45) is 0. The molecule has 6 nitrogen and oxygen atoms in total. The van der Waals surface area contributed by atoms with Gasteiger partial charge in [-0.05, 0) is 66.3 Å². The van der Waals surface area contributed by atoms with Gasteiger partial charge in [0.2, 0.25) is 0 Å². The Hall–Kier alpha value is -3.32. The molecule has 174 valence electrons. The second-order valence-corrected chi connectivity index (χ2v) is 10.7. The molecular formula is C26H30N2O4S. The Morgan fingerprint density at radius 2 is 1.48 bits per heavy atom. The minimum atomic E-state index is -3.76. The summed E-state index contributed by atoms with van der Waals surface area (Å²) in [6.45, 7) is 9.80. The van der Waals surface area contributed by atoms with Crippen LogP contribution in [-0.2, 0) is 20.2 Å².